The van der Waals surface area contributed by atoms with Crippen LogP contribution < -0.4 is 4.90 Å². The van der Waals surface area contributed by atoms with E-state index < -0.39 is 5.82 Å². The van der Waals surface area contributed by atoms with Crippen molar-refractivity contribution in [2.75, 3.05) is 24.5 Å². The van der Waals surface area contributed by atoms with Crippen LogP contribution in [0, 0.1) is 12.7 Å². The number of halogens is 2. The number of piperazine rings is 1. The number of carbonyl (C=O) groups is 2. The molecule has 1 aromatic carbocycles. The molecule has 0 unspecified atom stereocenters. The van der Waals surface area contributed by atoms with Gasteiger partial charge in [-0.05, 0) is 62.6 Å². The van der Waals surface area contributed by atoms with E-state index in [1.165, 1.54) is 12.1 Å². The van der Waals surface area contributed by atoms with Crippen LogP contribution in [0.3, 0.4) is 0 Å². The number of benzene rings is 1. The second kappa shape index (κ2) is 11.6. The van der Waals surface area contributed by atoms with E-state index in [2.05, 4.69) is 16.6 Å². The number of amidine groups is 1. The zero-order valence-electron chi connectivity index (χ0n) is 24.4. The predicted molar refractivity (Wildman–Crippen MR) is 164 cm³/mol. The van der Waals surface area contributed by atoms with Gasteiger partial charge in [0.05, 0.1) is 27.7 Å². The molecule has 2 atom stereocenters. The first kappa shape index (κ1) is 29.4. The Morgan fingerprint density at radius 1 is 1.14 bits per heavy atom. The largest absolute Gasteiger partial charge is 0.349 e. The van der Waals surface area contributed by atoms with Gasteiger partial charge in [-0.2, -0.15) is 4.99 Å². The molecule has 0 spiro atoms. The highest BCUT2D eigenvalue weighted by Crippen LogP contribution is 2.40. The van der Waals surface area contributed by atoms with Gasteiger partial charge in [-0.1, -0.05) is 44.2 Å². The summed E-state index contributed by atoms with van der Waals surface area (Å²) >= 11 is 6.83. The third-order valence-electron chi connectivity index (χ3n) is 7.79. The molecular weight excluding hydrogens is 555 g/mol. The molecule has 0 N–H and O–H groups in total. The molecule has 4 heterocycles. The number of aryl methyl sites for hydroxylation is 1. The van der Waals surface area contributed by atoms with Crippen LogP contribution in [0.5, 0.6) is 0 Å². The van der Waals surface area contributed by atoms with Crippen molar-refractivity contribution in [3.8, 4) is 11.3 Å². The molecule has 1 fully saturated rings. The van der Waals surface area contributed by atoms with Gasteiger partial charge in [0.2, 0.25) is 5.91 Å². The van der Waals surface area contributed by atoms with Crippen molar-refractivity contribution in [3.63, 3.8) is 0 Å². The molecule has 8 nitrogen and oxygen atoms in total. The zero-order valence-corrected chi connectivity index (χ0v) is 25.2. The Bertz CT molecular complexity index is 1610. The maximum atomic E-state index is 15.0. The molecule has 2 aromatic heterocycles. The van der Waals surface area contributed by atoms with E-state index in [1.54, 1.807) is 35.4 Å². The third-order valence-corrected chi connectivity index (χ3v) is 8.08. The number of fused-ring (bicyclic) bond motifs is 1. The average molecular weight is 589 g/mol. The standard InChI is InChI=1S/C32H34ClFN6O2/c1-7-27(42)38-15-21(6)39(16-20(38)5)31-23-14-24(33)29(22-10-8-9-11-25(22)34)37-32(23)40(17-26(41)36-31)30-19(4)12-13-35-28(30)18(2)3/h7-14,18,20-21H,1,15-17H2,2-6H3/t20-,21+/m1/s1. The Labute approximate surface area is 250 Å². The maximum absolute atomic E-state index is 15.0. The summed E-state index contributed by atoms with van der Waals surface area (Å²) in [5.74, 6) is -0.0602. The van der Waals surface area contributed by atoms with E-state index in [0.717, 1.165) is 16.9 Å². The quantitative estimate of drug-likeness (QED) is 0.353. The first-order valence-corrected chi connectivity index (χ1v) is 14.4. The molecular formula is C32H34ClFN6O2. The Balaban J connectivity index is 1.74. The molecule has 42 heavy (non-hydrogen) atoms. The van der Waals surface area contributed by atoms with Crippen molar-refractivity contribution in [2.24, 2.45) is 4.99 Å². The molecule has 0 saturated carbocycles. The highest BCUT2D eigenvalue weighted by atomic mass is 35.5. The van der Waals surface area contributed by atoms with Crippen molar-refractivity contribution < 1.29 is 14.0 Å². The number of amides is 2. The van der Waals surface area contributed by atoms with Gasteiger partial charge < -0.3 is 14.7 Å². The second-order valence-electron chi connectivity index (χ2n) is 11.1. The van der Waals surface area contributed by atoms with E-state index >= 15 is 4.39 Å². The fourth-order valence-electron chi connectivity index (χ4n) is 5.71. The lowest BCUT2D eigenvalue weighted by Gasteiger charge is -2.45. The summed E-state index contributed by atoms with van der Waals surface area (Å²) in [4.78, 5) is 46.0. The molecule has 1 saturated heterocycles. The van der Waals surface area contributed by atoms with Gasteiger partial charge in [0.1, 0.15) is 24.0 Å². The molecule has 2 aliphatic heterocycles. The minimum absolute atomic E-state index is 0.0526. The molecule has 2 amide bonds. The lowest BCUT2D eigenvalue weighted by atomic mass is 10.0. The number of carbonyl (C=O) groups excluding carboxylic acids is 2. The van der Waals surface area contributed by atoms with Crippen LogP contribution in [-0.2, 0) is 9.59 Å². The van der Waals surface area contributed by atoms with E-state index in [9.17, 15) is 9.59 Å². The zero-order chi connectivity index (χ0) is 30.3. The van der Waals surface area contributed by atoms with Crippen LogP contribution in [0.4, 0.5) is 15.9 Å². The number of nitrogens with zero attached hydrogens (tertiary/aromatic N) is 6. The summed E-state index contributed by atoms with van der Waals surface area (Å²) in [5.41, 5.74) is 3.55. The summed E-state index contributed by atoms with van der Waals surface area (Å²) in [7, 11) is 0. The molecule has 3 aromatic rings. The van der Waals surface area contributed by atoms with Crippen molar-refractivity contribution in [1.29, 1.82) is 0 Å². The van der Waals surface area contributed by atoms with Crippen LogP contribution >= 0.6 is 11.6 Å². The van der Waals surface area contributed by atoms with Gasteiger partial charge in [-0.3, -0.25) is 14.6 Å². The van der Waals surface area contributed by atoms with E-state index in [1.807, 2.05) is 50.5 Å². The van der Waals surface area contributed by atoms with Crippen LogP contribution in [-0.4, -0.2) is 69.1 Å². The number of hydrogen-bond acceptors (Lipinski definition) is 6. The van der Waals surface area contributed by atoms with Crippen LogP contribution in [0.15, 0.2) is 60.2 Å². The van der Waals surface area contributed by atoms with Gasteiger partial charge in [0.25, 0.3) is 5.91 Å². The SMILES string of the molecule is C=CC(=O)N1C[C@H](C)N(C2=NC(=O)CN(c3c(C)ccnc3C(C)C)c3nc(-c4ccccc4F)c(Cl)cc32)C[C@H]1C. The molecule has 0 bridgehead atoms. The highest BCUT2D eigenvalue weighted by Gasteiger charge is 2.37. The lowest BCUT2D eigenvalue weighted by molar-refractivity contribution is -0.130. The van der Waals surface area contributed by atoms with E-state index in [-0.39, 0.29) is 52.6 Å². The highest BCUT2D eigenvalue weighted by molar-refractivity contribution is 6.33. The smallest absolute Gasteiger partial charge is 0.267 e. The number of pyridine rings is 2. The van der Waals surface area contributed by atoms with Gasteiger partial charge in [-0.25, -0.2) is 9.37 Å². The summed E-state index contributed by atoms with van der Waals surface area (Å²) in [6.45, 7) is 14.4. The van der Waals surface area contributed by atoms with Gasteiger partial charge in [0, 0.05) is 36.9 Å². The normalized spacial score (nSPS) is 19.0. The first-order chi connectivity index (χ1) is 20.0. The fourth-order valence-corrected chi connectivity index (χ4v) is 5.96. The number of aromatic nitrogens is 2. The first-order valence-electron chi connectivity index (χ1n) is 14.0. The lowest BCUT2D eigenvalue weighted by Crippen LogP contribution is -2.59. The van der Waals surface area contributed by atoms with Crippen molar-refractivity contribution in [2.45, 2.75) is 52.6 Å². The number of aliphatic imine (C=N–C) groups is 1. The maximum Gasteiger partial charge on any atom is 0.267 e. The predicted octanol–water partition coefficient (Wildman–Crippen LogP) is 5.90. The molecule has 0 radical (unpaired) electrons. The third kappa shape index (κ3) is 5.29. The number of hydrogen-bond donors (Lipinski definition) is 0. The van der Waals surface area contributed by atoms with Crippen molar-refractivity contribution >= 4 is 40.8 Å². The number of anilines is 2. The topological polar surface area (TPSA) is 82.0 Å². The minimum Gasteiger partial charge on any atom is -0.349 e. The summed E-state index contributed by atoms with van der Waals surface area (Å²) in [6.07, 6.45) is 3.07. The average Bonchev–Trinajstić information content (AvgIpc) is 3.09. The Morgan fingerprint density at radius 3 is 2.57 bits per heavy atom. The fraction of sp³-hybridized carbons (Fsp3) is 0.344. The minimum atomic E-state index is -0.456. The summed E-state index contributed by atoms with van der Waals surface area (Å²) < 4.78 is 15.0. The Kier molecular flexibility index (Phi) is 8.14. The molecule has 2 aliphatic rings. The summed E-state index contributed by atoms with van der Waals surface area (Å²) in [5, 5.41) is 0.231. The van der Waals surface area contributed by atoms with Crippen molar-refractivity contribution in [3.05, 3.63) is 82.9 Å². The summed E-state index contributed by atoms with van der Waals surface area (Å²) in [6, 6.07) is 9.60. The monoisotopic (exact) mass is 588 g/mol. The van der Waals surface area contributed by atoms with Gasteiger partial charge in [-0.15, -0.1) is 0 Å². The van der Waals surface area contributed by atoms with Crippen molar-refractivity contribution in [1.82, 2.24) is 19.8 Å². The number of rotatable bonds is 4. The molecule has 5 rings (SSSR count). The van der Waals surface area contributed by atoms with Gasteiger partial charge >= 0.3 is 0 Å². The van der Waals surface area contributed by atoms with Crippen LogP contribution in [0.2, 0.25) is 5.02 Å². The van der Waals surface area contributed by atoms with Crippen LogP contribution in [0.1, 0.15) is 50.4 Å². The van der Waals surface area contributed by atoms with Crippen LogP contribution in [0.25, 0.3) is 11.3 Å². The van der Waals surface area contributed by atoms with E-state index in [0.29, 0.717) is 30.3 Å². The van der Waals surface area contributed by atoms with Gasteiger partial charge in [0.15, 0.2) is 0 Å². The van der Waals surface area contributed by atoms with E-state index in [4.69, 9.17) is 16.6 Å². The Hall–Kier alpha value is -4.11. The second-order valence-corrected chi connectivity index (χ2v) is 11.6. The Morgan fingerprint density at radius 2 is 1.88 bits per heavy atom. The molecule has 218 valence electrons. The molecule has 0 aliphatic carbocycles. The molecule has 10 heteroatoms.